The Labute approximate surface area is 327 Å². The Hall–Kier alpha value is -5.92. The van der Waals surface area contributed by atoms with E-state index in [9.17, 15) is 19.2 Å². The number of aromatic amines is 2. The normalized spacial score (nSPS) is 17.8. The van der Waals surface area contributed by atoms with Gasteiger partial charge in [0.05, 0.1) is 44.0 Å². The summed E-state index contributed by atoms with van der Waals surface area (Å²) in [4.78, 5) is 71.1. The van der Waals surface area contributed by atoms with Crippen LogP contribution >= 0.6 is 0 Å². The lowest BCUT2D eigenvalue weighted by atomic mass is 10.0. The van der Waals surface area contributed by atoms with Gasteiger partial charge in [0.2, 0.25) is 11.8 Å². The highest BCUT2D eigenvalue weighted by atomic mass is 16.5. The number of benzene rings is 2. The molecule has 0 aliphatic carbocycles. The maximum atomic E-state index is 13.7. The van der Waals surface area contributed by atoms with Crippen molar-refractivity contribution in [1.82, 2.24) is 40.4 Å². The highest BCUT2D eigenvalue weighted by Gasteiger charge is 2.39. The zero-order chi connectivity index (χ0) is 40.1. The van der Waals surface area contributed by atoms with Crippen LogP contribution in [0.15, 0.2) is 72.6 Å². The van der Waals surface area contributed by atoms with Gasteiger partial charge in [-0.05, 0) is 53.4 Å². The van der Waals surface area contributed by atoms with Crippen LogP contribution < -0.4 is 10.6 Å². The van der Waals surface area contributed by atoms with Crippen LogP contribution in [0.4, 0.5) is 9.59 Å². The van der Waals surface area contributed by atoms with Gasteiger partial charge in [-0.1, -0.05) is 94.8 Å². The number of hydrogen-bond donors (Lipinski definition) is 4. The summed E-state index contributed by atoms with van der Waals surface area (Å²) in [7, 11) is 2.57. The number of carbonyl (C=O) groups is 4. The van der Waals surface area contributed by atoms with Crippen molar-refractivity contribution in [2.75, 3.05) is 27.3 Å². The molecule has 4 heterocycles. The van der Waals surface area contributed by atoms with E-state index in [0.29, 0.717) is 18.9 Å². The van der Waals surface area contributed by atoms with E-state index in [1.54, 1.807) is 22.2 Å². The van der Waals surface area contributed by atoms with Crippen molar-refractivity contribution in [2.45, 2.75) is 78.0 Å². The molecule has 4 atom stereocenters. The number of rotatable bonds is 12. The van der Waals surface area contributed by atoms with Crippen molar-refractivity contribution in [1.29, 1.82) is 0 Å². The molecule has 4 N–H and O–H groups in total. The molecule has 2 aliphatic heterocycles. The summed E-state index contributed by atoms with van der Waals surface area (Å²) in [6.07, 6.45) is 6.82. The minimum absolute atomic E-state index is 0.107. The summed E-state index contributed by atoms with van der Waals surface area (Å²) < 4.78 is 9.53. The molecule has 4 amide bonds. The lowest BCUT2D eigenvalue weighted by Crippen LogP contribution is -2.51. The first-order chi connectivity index (χ1) is 26.9. The van der Waals surface area contributed by atoms with Gasteiger partial charge >= 0.3 is 12.2 Å². The number of alkyl carbamates (subject to hydrolysis) is 2. The number of H-pyrrole nitrogens is 2. The SMILES string of the molecule is CCC1=C[C@@H](c2ncc(-c3ccc(-c4ccc(-c5cnc([C@@H]6CCCN6C(=O)[C@@H](NC(=O)OC)C(C)C)[nH]5)cc4)cc3)[nH]2)N(C(=O)[C@@H](NC(=O)OC)C(C)C)C1. The average Bonchev–Trinajstić information content (AvgIpc) is 4.04. The van der Waals surface area contributed by atoms with Crippen LogP contribution in [0.5, 0.6) is 0 Å². The second kappa shape index (κ2) is 17.3. The van der Waals surface area contributed by atoms with E-state index in [-0.39, 0.29) is 35.7 Å². The lowest BCUT2D eigenvalue weighted by molar-refractivity contribution is -0.136. The number of amides is 4. The first-order valence-electron chi connectivity index (χ1n) is 19.2. The highest BCUT2D eigenvalue weighted by molar-refractivity contribution is 5.87. The van der Waals surface area contributed by atoms with Crippen LogP contribution in [0.2, 0.25) is 0 Å². The Balaban J connectivity index is 1.13. The maximum absolute atomic E-state index is 13.7. The Kier molecular flexibility index (Phi) is 12.3. The first-order valence-corrected chi connectivity index (χ1v) is 19.2. The number of likely N-dealkylation sites (tertiary alicyclic amines) is 1. The van der Waals surface area contributed by atoms with Gasteiger partial charge in [-0.3, -0.25) is 9.59 Å². The molecular formula is C42H52N8O6. The van der Waals surface area contributed by atoms with E-state index >= 15 is 0 Å². The smallest absolute Gasteiger partial charge is 0.407 e. The van der Waals surface area contributed by atoms with Crippen LogP contribution in [0.3, 0.4) is 0 Å². The van der Waals surface area contributed by atoms with Gasteiger partial charge in [-0.25, -0.2) is 19.6 Å². The van der Waals surface area contributed by atoms with Gasteiger partial charge in [0.25, 0.3) is 0 Å². The van der Waals surface area contributed by atoms with Crippen LogP contribution in [-0.2, 0) is 19.1 Å². The summed E-state index contributed by atoms with van der Waals surface area (Å²) in [5, 5.41) is 5.39. The largest absolute Gasteiger partial charge is 0.453 e. The molecule has 2 aromatic heterocycles. The van der Waals surface area contributed by atoms with Crippen LogP contribution in [-0.4, -0.2) is 93.1 Å². The standard InChI is InChI=1S/C42H52N8O6/c1-8-26-20-34(50(23-26)40(52)36(25(4)5)48-42(54)56-7)38-44-22-32(46-38)30-17-13-28(14-18-30)27-11-15-29(16-12-27)31-21-43-37(45-31)33-10-9-19-49(33)39(51)35(24(2)3)47-41(53)55-6/h11-18,20-22,24-25,33-36H,8-10,19,23H2,1-7H3,(H,43,45)(H,44,46)(H,47,53)(H,48,54)/t33-,34-,35-,36-/m0/s1. The second-order valence-corrected chi connectivity index (χ2v) is 15.0. The molecule has 14 nitrogen and oxygen atoms in total. The fourth-order valence-electron chi connectivity index (χ4n) is 7.40. The van der Waals surface area contributed by atoms with E-state index in [1.807, 2.05) is 52.0 Å². The highest BCUT2D eigenvalue weighted by Crippen LogP contribution is 2.35. The van der Waals surface area contributed by atoms with E-state index < -0.39 is 24.3 Å². The molecule has 0 bridgehead atoms. The van der Waals surface area contributed by atoms with Gasteiger partial charge in [0.1, 0.15) is 29.8 Å². The molecule has 0 spiro atoms. The molecule has 2 aliphatic rings. The average molecular weight is 765 g/mol. The summed E-state index contributed by atoms with van der Waals surface area (Å²) in [6.45, 7) is 10.7. The first kappa shape index (κ1) is 39.8. The molecule has 4 aromatic rings. The molecular weight excluding hydrogens is 713 g/mol. The molecule has 6 rings (SSSR count). The van der Waals surface area contributed by atoms with Crippen molar-refractivity contribution in [3.63, 3.8) is 0 Å². The Morgan fingerprint density at radius 3 is 1.68 bits per heavy atom. The fraction of sp³-hybridized carbons (Fsp3) is 0.429. The number of nitrogens with one attached hydrogen (secondary N) is 4. The third kappa shape index (κ3) is 8.48. The Morgan fingerprint density at radius 2 is 1.20 bits per heavy atom. The monoisotopic (exact) mass is 764 g/mol. The third-order valence-electron chi connectivity index (χ3n) is 10.7. The Morgan fingerprint density at radius 1 is 0.732 bits per heavy atom. The number of aromatic nitrogens is 4. The number of imidazole rings is 2. The predicted molar refractivity (Wildman–Crippen MR) is 212 cm³/mol. The van der Waals surface area contributed by atoms with E-state index in [2.05, 4.69) is 62.9 Å². The summed E-state index contributed by atoms with van der Waals surface area (Å²) in [6, 6.07) is 14.4. The minimum Gasteiger partial charge on any atom is -0.453 e. The van der Waals surface area contributed by atoms with Gasteiger partial charge in [-0.2, -0.15) is 0 Å². The molecule has 56 heavy (non-hydrogen) atoms. The van der Waals surface area contributed by atoms with Crippen molar-refractivity contribution >= 4 is 24.0 Å². The third-order valence-corrected chi connectivity index (χ3v) is 10.7. The van der Waals surface area contributed by atoms with Gasteiger partial charge < -0.3 is 39.9 Å². The quantitative estimate of drug-likeness (QED) is 0.114. The molecule has 0 radical (unpaired) electrons. The van der Waals surface area contributed by atoms with Crippen LogP contribution in [0.1, 0.15) is 77.6 Å². The maximum Gasteiger partial charge on any atom is 0.407 e. The molecule has 296 valence electrons. The molecule has 1 fully saturated rings. The Bertz CT molecular complexity index is 2050. The molecule has 0 saturated carbocycles. The van der Waals surface area contributed by atoms with Gasteiger partial charge in [0, 0.05) is 13.1 Å². The van der Waals surface area contributed by atoms with Crippen molar-refractivity contribution in [3.8, 4) is 33.6 Å². The van der Waals surface area contributed by atoms with Crippen molar-refractivity contribution in [3.05, 3.63) is 84.2 Å². The van der Waals surface area contributed by atoms with Crippen molar-refractivity contribution in [2.24, 2.45) is 11.8 Å². The number of nitrogens with zero attached hydrogens (tertiary/aromatic N) is 4. The van der Waals surface area contributed by atoms with Crippen LogP contribution in [0.25, 0.3) is 33.6 Å². The van der Waals surface area contributed by atoms with E-state index in [0.717, 1.165) is 64.3 Å². The zero-order valence-corrected chi connectivity index (χ0v) is 33.1. The van der Waals surface area contributed by atoms with E-state index in [4.69, 9.17) is 14.5 Å². The molecule has 2 aromatic carbocycles. The molecule has 1 saturated heterocycles. The number of carbonyl (C=O) groups excluding carboxylic acids is 4. The minimum atomic E-state index is -0.732. The number of ether oxygens (including phenoxy) is 2. The summed E-state index contributed by atoms with van der Waals surface area (Å²) in [5.74, 6) is 0.802. The number of hydrogen-bond acceptors (Lipinski definition) is 8. The van der Waals surface area contributed by atoms with Gasteiger partial charge in [0.15, 0.2) is 0 Å². The summed E-state index contributed by atoms with van der Waals surface area (Å²) >= 11 is 0. The predicted octanol–water partition coefficient (Wildman–Crippen LogP) is 6.78. The topological polar surface area (TPSA) is 175 Å². The lowest BCUT2D eigenvalue weighted by Gasteiger charge is -2.30. The second-order valence-electron chi connectivity index (χ2n) is 15.0. The molecule has 0 unspecified atom stereocenters. The zero-order valence-electron chi connectivity index (χ0n) is 33.1. The number of methoxy groups -OCH3 is 2. The fourth-order valence-corrected chi connectivity index (χ4v) is 7.40. The van der Waals surface area contributed by atoms with Crippen molar-refractivity contribution < 1.29 is 28.7 Å². The van der Waals surface area contributed by atoms with Crippen LogP contribution in [0, 0.1) is 11.8 Å². The van der Waals surface area contributed by atoms with E-state index in [1.165, 1.54) is 14.2 Å². The van der Waals surface area contributed by atoms with Gasteiger partial charge in [-0.15, -0.1) is 0 Å². The summed E-state index contributed by atoms with van der Waals surface area (Å²) in [5.41, 5.74) is 6.84. The molecule has 14 heteroatoms.